The van der Waals surface area contributed by atoms with E-state index in [2.05, 4.69) is 15.3 Å². The summed E-state index contributed by atoms with van der Waals surface area (Å²) in [6.07, 6.45) is 2.49. The molecule has 2 aromatic carbocycles. The number of hydrogen-bond donors (Lipinski definition) is 3. The zero-order valence-electron chi connectivity index (χ0n) is 18.4. The lowest BCUT2D eigenvalue weighted by molar-refractivity contribution is -0.141. The first-order valence-corrected chi connectivity index (χ1v) is 11.1. The van der Waals surface area contributed by atoms with Crippen molar-refractivity contribution in [1.29, 1.82) is 0 Å². The van der Waals surface area contributed by atoms with Crippen molar-refractivity contribution >= 4 is 29.4 Å². The highest BCUT2D eigenvalue weighted by molar-refractivity contribution is 6.30. The molecule has 34 heavy (non-hydrogen) atoms. The number of halogens is 1. The summed E-state index contributed by atoms with van der Waals surface area (Å²) < 4.78 is 0. The predicted octanol–water partition coefficient (Wildman–Crippen LogP) is 4.34. The van der Waals surface area contributed by atoms with E-state index in [0.29, 0.717) is 17.9 Å². The van der Waals surface area contributed by atoms with Gasteiger partial charge in [-0.25, -0.2) is 14.8 Å². The third kappa shape index (κ3) is 6.86. The summed E-state index contributed by atoms with van der Waals surface area (Å²) in [6, 6.07) is 16.2. The van der Waals surface area contributed by atoms with E-state index < -0.39 is 29.8 Å². The molecule has 3 rings (SSSR count). The molecule has 0 bridgehead atoms. The summed E-state index contributed by atoms with van der Waals surface area (Å²) in [5.41, 5.74) is 2.75. The van der Waals surface area contributed by atoms with Crippen molar-refractivity contribution in [3.8, 4) is 11.1 Å². The number of carboxylic acid groups (broad SMARTS) is 2. The van der Waals surface area contributed by atoms with E-state index in [4.69, 9.17) is 16.7 Å². The first-order chi connectivity index (χ1) is 16.2. The lowest BCUT2D eigenvalue weighted by atomic mass is 9.95. The van der Waals surface area contributed by atoms with Crippen LogP contribution in [0.15, 0.2) is 60.8 Å². The van der Waals surface area contributed by atoms with E-state index in [9.17, 15) is 19.5 Å². The third-order valence-electron chi connectivity index (χ3n) is 5.37. The molecular formula is C25H24ClN3O5. The molecule has 1 aromatic heterocycles. The number of aromatic carboxylic acids is 1. The average molecular weight is 482 g/mol. The molecule has 1 amide bonds. The SMILES string of the molecule is C[C@H](C[C@@H](CCc1ccc(-c2cccc(Cl)c2)cc1)NC(=O)c1nccc(C(=O)O)n1)C(=O)O. The van der Waals surface area contributed by atoms with E-state index in [0.717, 1.165) is 16.7 Å². The number of rotatable bonds is 10. The van der Waals surface area contributed by atoms with Gasteiger partial charge in [-0.3, -0.25) is 9.59 Å². The molecule has 0 aliphatic rings. The Hall–Kier alpha value is -3.78. The molecule has 0 aliphatic carbocycles. The quantitative estimate of drug-likeness (QED) is 0.392. The van der Waals surface area contributed by atoms with Gasteiger partial charge in [0.25, 0.3) is 5.91 Å². The summed E-state index contributed by atoms with van der Waals surface area (Å²) in [4.78, 5) is 42.7. The van der Waals surface area contributed by atoms with Crippen molar-refractivity contribution in [3.05, 3.63) is 82.9 Å². The Labute approximate surface area is 201 Å². The highest BCUT2D eigenvalue weighted by atomic mass is 35.5. The number of amides is 1. The van der Waals surface area contributed by atoms with E-state index in [-0.39, 0.29) is 17.9 Å². The van der Waals surface area contributed by atoms with Crippen molar-refractivity contribution in [1.82, 2.24) is 15.3 Å². The van der Waals surface area contributed by atoms with Gasteiger partial charge in [-0.15, -0.1) is 0 Å². The summed E-state index contributed by atoms with van der Waals surface area (Å²) in [5, 5.41) is 21.8. The van der Waals surface area contributed by atoms with Crippen molar-refractivity contribution in [2.45, 2.75) is 32.2 Å². The molecule has 0 unspecified atom stereocenters. The number of benzene rings is 2. The van der Waals surface area contributed by atoms with Gasteiger partial charge in [0.15, 0.2) is 5.69 Å². The molecule has 0 aliphatic heterocycles. The fourth-order valence-corrected chi connectivity index (χ4v) is 3.68. The van der Waals surface area contributed by atoms with Gasteiger partial charge in [-0.05, 0) is 54.2 Å². The Bertz CT molecular complexity index is 1180. The van der Waals surface area contributed by atoms with Gasteiger partial charge in [0.1, 0.15) is 0 Å². The van der Waals surface area contributed by atoms with Crippen molar-refractivity contribution in [2.24, 2.45) is 5.92 Å². The molecule has 0 saturated heterocycles. The number of carbonyl (C=O) groups excluding carboxylic acids is 1. The molecular weight excluding hydrogens is 458 g/mol. The zero-order chi connectivity index (χ0) is 24.7. The van der Waals surface area contributed by atoms with Crippen LogP contribution in [0.25, 0.3) is 11.1 Å². The minimum absolute atomic E-state index is 0.209. The smallest absolute Gasteiger partial charge is 0.354 e. The van der Waals surface area contributed by atoms with Crippen molar-refractivity contribution in [3.63, 3.8) is 0 Å². The third-order valence-corrected chi connectivity index (χ3v) is 5.60. The first-order valence-electron chi connectivity index (χ1n) is 10.7. The van der Waals surface area contributed by atoms with Crippen LogP contribution in [-0.4, -0.2) is 44.1 Å². The molecule has 0 fully saturated rings. The number of hydrogen-bond acceptors (Lipinski definition) is 5. The fourth-order valence-electron chi connectivity index (χ4n) is 3.49. The molecule has 2 atom stereocenters. The summed E-state index contributed by atoms with van der Waals surface area (Å²) in [7, 11) is 0. The first kappa shape index (κ1) is 24.9. The fraction of sp³-hybridized carbons (Fsp3) is 0.240. The zero-order valence-corrected chi connectivity index (χ0v) is 19.2. The van der Waals surface area contributed by atoms with Crippen LogP contribution in [0.3, 0.4) is 0 Å². The van der Waals surface area contributed by atoms with Crippen LogP contribution in [0.1, 0.15) is 46.4 Å². The number of carbonyl (C=O) groups is 3. The monoisotopic (exact) mass is 481 g/mol. The van der Waals surface area contributed by atoms with E-state index in [1.165, 1.54) is 12.3 Å². The van der Waals surface area contributed by atoms with E-state index >= 15 is 0 Å². The van der Waals surface area contributed by atoms with Crippen LogP contribution in [0.5, 0.6) is 0 Å². The number of nitrogens with one attached hydrogen (secondary N) is 1. The minimum Gasteiger partial charge on any atom is -0.481 e. The molecule has 0 spiro atoms. The number of aliphatic carboxylic acids is 1. The van der Waals surface area contributed by atoms with Gasteiger partial charge in [0.05, 0.1) is 5.92 Å². The Morgan fingerprint density at radius 2 is 1.76 bits per heavy atom. The van der Waals surface area contributed by atoms with Crippen LogP contribution in [0.4, 0.5) is 0 Å². The van der Waals surface area contributed by atoms with Crippen LogP contribution < -0.4 is 5.32 Å². The van der Waals surface area contributed by atoms with Gasteiger partial charge in [-0.2, -0.15) is 0 Å². The van der Waals surface area contributed by atoms with Crippen LogP contribution >= 0.6 is 11.6 Å². The van der Waals surface area contributed by atoms with E-state index in [1.54, 1.807) is 6.92 Å². The van der Waals surface area contributed by atoms with Crippen LogP contribution in [-0.2, 0) is 11.2 Å². The highest BCUT2D eigenvalue weighted by Gasteiger charge is 2.22. The molecule has 9 heteroatoms. The molecule has 8 nitrogen and oxygen atoms in total. The predicted molar refractivity (Wildman–Crippen MR) is 127 cm³/mol. The standard InChI is InChI=1S/C25H24ClN3O5/c1-15(24(31)32)13-20(28-23(30)22-27-12-11-21(29-22)25(33)34)10-7-16-5-8-17(9-6-16)18-3-2-4-19(26)14-18/h2-6,8-9,11-12,14-15,20H,7,10,13H2,1H3,(H,28,30)(H,31,32)(H,33,34)/t15-,20-/m1/s1. The van der Waals surface area contributed by atoms with Gasteiger partial charge in [-0.1, -0.05) is 54.9 Å². The lowest BCUT2D eigenvalue weighted by Crippen LogP contribution is -2.38. The second-order valence-electron chi connectivity index (χ2n) is 7.96. The Morgan fingerprint density at radius 1 is 1.03 bits per heavy atom. The molecule has 3 N–H and O–H groups in total. The summed E-state index contributed by atoms with van der Waals surface area (Å²) in [5.74, 6) is -3.84. The molecule has 0 saturated carbocycles. The van der Waals surface area contributed by atoms with Gasteiger partial charge >= 0.3 is 11.9 Å². The van der Waals surface area contributed by atoms with Gasteiger partial charge in [0, 0.05) is 17.3 Å². The summed E-state index contributed by atoms with van der Waals surface area (Å²) in [6.45, 7) is 1.57. The molecule has 1 heterocycles. The minimum atomic E-state index is -1.27. The van der Waals surface area contributed by atoms with Crippen LogP contribution in [0, 0.1) is 5.92 Å². The number of aryl methyl sites for hydroxylation is 1. The maximum Gasteiger partial charge on any atom is 0.354 e. The highest BCUT2D eigenvalue weighted by Crippen LogP contribution is 2.23. The largest absolute Gasteiger partial charge is 0.481 e. The number of aromatic nitrogens is 2. The maximum absolute atomic E-state index is 12.6. The molecule has 3 aromatic rings. The Kier molecular flexibility index (Phi) is 8.32. The van der Waals surface area contributed by atoms with Crippen LogP contribution in [0.2, 0.25) is 5.02 Å². The van der Waals surface area contributed by atoms with E-state index in [1.807, 2.05) is 48.5 Å². The number of carboxylic acids is 2. The number of nitrogens with zero attached hydrogens (tertiary/aromatic N) is 2. The average Bonchev–Trinajstić information content (AvgIpc) is 2.82. The lowest BCUT2D eigenvalue weighted by Gasteiger charge is -2.20. The molecule has 0 radical (unpaired) electrons. The normalized spacial score (nSPS) is 12.5. The summed E-state index contributed by atoms with van der Waals surface area (Å²) >= 11 is 6.07. The molecule has 176 valence electrons. The van der Waals surface area contributed by atoms with Crippen molar-refractivity contribution < 1.29 is 24.6 Å². The van der Waals surface area contributed by atoms with Gasteiger partial charge < -0.3 is 15.5 Å². The van der Waals surface area contributed by atoms with Gasteiger partial charge in [0.2, 0.25) is 5.82 Å². The maximum atomic E-state index is 12.6. The Balaban J connectivity index is 1.69. The van der Waals surface area contributed by atoms with Crippen molar-refractivity contribution in [2.75, 3.05) is 0 Å². The Morgan fingerprint density at radius 3 is 2.41 bits per heavy atom. The second-order valence-corrected chi connectivity index (χ2v) is 8.40. The second kappa shape index (κ2) is 11.4. The topological polar surface area (TPSA) is 129 Å².